The number of aromatic nitrogens is 1. The van der Waals surface area contributed by atoms with Gasteiger partial charge in [0.1, 0.15) is 16.1 Å². The van der Waals surface area contributed by atoms with Crippen molar-refractivity contribution in [2.24, 2.45) is 56.4 Å². The number of amides is 3. The van der Waals surface area contributed by atoms with Crippen LogP contribution in [0.1, 0.15) is 37.5 Å². The van der Waals surface area contributed by atoms with Crippen molar-refractivity contribution in [2.45, 2.75) is 25.9 Å². The molecule has 1 atom stereocenters. The number of likely N-dealkylation sites (N-methyl/N-ethyl adjacent to an activating group) is 2. The van der Waals surface area contributed by atoms with E-state index in [2.05, 4.69) is 25.2 Å². The van der Waals surface area contributed by atoms with E-state index < -0.39 is 32.1 Å². The lowest BCUT2D eigenvalue weighted by molar-refractivity contribution is -0.118. The summed E-state index contributed by atoms with van der Waals surface area (Å²) >= 11 is 13.6. The molecule has 0 saturated carbocycles. The number of carbonyl (C=O) groups excluding carboxylic acids is 3. The number of carbonyl (C=O) groups is 3. The highest BCUT2D eigenvalue weighted by Gasteiger charge is 2.31. The maximum absolute atomic E-state index is 12.3. The predicted molar refractivity (Wildman–Crippen MR) is 276 cm³/mol. The first-order valence-corrected chi connectivity index (χ1v) is 25.2. The smallest absolute Gasteiger partial charge is 0.296 e. The maximum Gasteiger partial charge on any atom is 0.296 e. The number of nitrogens with zero attached hydrogens (tertiary/aromatic N) is 6. The van der Waals surface area contributed by atoms with Crippen LogP contribution in [0.25, 0.3) is 22.0 Å². The van der Waals surface area contributed by atoms with Crippen LogP contribution in [0.4, 0.5) is 5.69 Å². The Bertz CT molecular complexity index is 2880. The molecule has 15 N–H and O–H groups in total. The van der Waals surface area contributed by atoms with Crippen molar-refractivity contribution >= 4 is 107 Å². The number of guanidine groups is 3. The van der Waals surface area contributed by atoms with Crippen molar-refractivity contribution in [1.29, 1.82) is 0 Å². The fraction of sp³-hybridized carbons (Fsp3) is 0.286. The minimum Gasteiger partial charge on any atom is -0.370 e. The van der Waals surface area contributed by atoms with Gasteiger partial charge in [-0.05, 0) is 85.7 Å². The first kappa shape index (κ1) is 59.0. The van der Waals surface area contributed by atoms with Gasteiger partial charge in [0.15, 0.2) is 17.9 Å². The average Bonchev–Trinajstić information content (AvgIpc) is 3.86. The first-order chi connectivity index (χ1) is 31.9. The quantitative estimate of drug-likeness (QED) is 0.0443. The van der Waals surface area contributed by atoms with Crippen LogP contribution in [0.3, 0.4) is 0 Å². The number of aliphatic imine (C=N–C) groups is 3. The minimum absolute atomic E-state index is 0.186. The SMILES string of the molecule is CN(C)CCNCc1cc(C(=O)N=C(N)N)cc(-c2cc(Cl)sc2Cl)c1.CN1c2ccccc2CC1C(=O)N=C(N)N.CS(=O)(=O)O.CS(=O)(=O)O.Cc1cccc2c1cc(C(=O)N=C(N)N)n2C. The van der Waals surface area contributed by atoms with E-state index in [0.717, 1.165) is 57.5 Å². The van der Waals surface area contributed by atoms with Gasteiger partial charge in [0.2, 0.25) is 0 Å². The van der Waals surface area contributed by atoms with Gasteiger partial charge in [-0.1, -0.05) is 53.5 Å². The summed E-state index contributed by atoms with van der Waals surface area (Å²) in [6, 6.07) is 22.5. The topological polar surface area (TPSA) is 377 Å². The number of fused-ring (bicyclic) bond motifs is 2. The van der Waals surface area contributed by atoms with Gasteiger partial charge >= 0.3 is 0 Å². The molecule has 3 heterocycles. The molecule has 0 bridgehead atoms. The third-order valence-corrected chi connectivity index (χ3v) is 10.5. The van der Waals surface area contributed by atoms with Gasteiger partial charge in [-0.25, -0.2) is 0 Å². The van der Waals surface area contributed by atoms with Crippen LogP contribution in [-0.4, -0.2) is 124 Å². The van der Waals surface area contributed by atoms with Crippen molar-refractivity contribution in [3.8, 4) is 11.1 Å². The highest BCUT2D eigenvalue weighted by Crippen LogP contribution is 2.39. The number of nitrogens with one attached hydrogen (secondary N) is 1. The zero-order valence-corrected chi connectivity index (χ0v) is 42.7. The fourth-order valence-corrected chi connectivity index (χ4v) is 7.72. The Morgan fingerprint density at radius 2 is 1.38 bits per heavy atom. The molecule has 1 unspecified atom stereocenters. The zero-order valence-electron chi connectivity index (χ0n) is 38.7. The summed E-state index contributed by atoms with van der Waals surface area (Å²) in [5, 5.41) is 4.38. The molecule has 3 amide bonds. The lowest BCUT2D eigenvalue weighted by atomic mass is 10.0. The molecule has 69 heavy (non-hydrogen) atoms. The van der Waals surface area contributed by atoms with Crippen LogP contribution in [0, 0.1) is 6.92 Å². The summed E-state index contributed by atoms with van der Waals surface area (Å²) in [4.78, 5) is 50.5. The number of rotatable bonds is 9. The van der Waals surface area contributed by atoms with E-state index in [-0.39, 0.29) is 29.8 Å². The normalized spacial score (nSPS) is 12.6. The number of halogens is 2. The molecule has 6 rings (SSSR count). The lowest BCUT2D eigenvalue weighted by Crippen LogP contribution is -2.37. The van der Waals surface area contributed by atoms with E-state index in [1.165, 1.54) is 11.3 Å². The number of nitrogens with two attached hydrogens (primary N) is 6. The molecule has 0 radical (unpaired) electrons. The Balaban J connectivity index is 0.000000331. The summed E-state index contributed by atoms with van der Waals surface area (Å²) in [5.41, 5.74) is 39.1. The fourth-order valence-electron chi connectivity index (χ4n) is 6.21. The molecule has 2 aromatic heterocycles. The highest BCUT2D eigenvalue weighted by atomic mass is 35.5. The van der Waals surface area contributed by atoms with Gasteiger partial charge in [-0.3, -0.25) is 23.5 Å². The van der Waals surface area contributed by atoms with Gasteiger partial charge < -0.3 is 54.1 Å². The van der Waals surface area contributed by atoms with E-state index in [0.29, 0.717) is 45.4 Å². The van der Waals surface area contributed by atoms with E-state index >= 15 is 0 Å². The minimum atomic E-state index is -3.67. The van der Waals surface area contributed by atoms with E-state index in [9.17, 15) is 31.2 Å². The van der Waals surface area contributed by atoms with E-state index in [1.54, 1.807) is 28.8 Å². The van der Waals surface area contributed by atoms with Crippen molar-refractivity contribution in [2.75, 3.05) is 51.6 Å². The van der Waals surface area contributed by atoms with Gasteiger partial charge in [0, 0.05) is 67.9 Å². The van der Waals surface area contributed by atoms with Gasteiger partial charge in [0.05, 0.1) is 16.8 Å². The molecule has 27 heteroatoms. The second-order valence-corrected chi connectivity index (χ2v) is 20.4. The number of aryl methyl sites for hydroxylation is 2. The third-order valence-electron chi connectivity index (χ3n) is 9.03. The van der Waals surface area contributed by atoms with Gasteiger partial charge in [0.25, 0.3) is 38.0 Å². The predicted octanol–water partition coefficient (Wildman–Crippen LogP) is 2.54. The number of hydrogen-bond donors (Lipinski definition) is 9. The zero-order chi connectivity index (χ0) is 52.6. The van der Waals surface area contributed by atoms with Crippen LogP contribution in [0.15, 0.2) is 87.8 Å². The summed E-state index contributed by atoms with van der Waals surface area (Å²) in [7, 11) is 0.376. The van der Waals surface area contributed by atoms with E-state index in [1.807, 2.05) is 88.5 Å². The maximum atomic E-state index is 12.3. The van der Waals surface area contributed by atoms with E-state index in [4.69, 9.17) is 66.7 Å². The van der Waals surface area contributed by atoms with Crippen molar-refractivity contribution in [3.63, 3.8) is 0 Å². The second-order valence-electron chi connectivity index (χ2n) is 15.2. The molecule has 0 spiro atoms. The molecular weight excluding hydrogens is 998 g/mol. The third kappa shape index (κ3) is 21.4. The molecule has 22 nitrogen and oxygen atoms in total. The first-order valence-electron chi connectivity index (χ1n) is 19.9. The Kier molecular flexibility index (Phi) is 22.7. The Morgan fingerprint density at radius 3 is 1.88 bits per heavy atom. The Morgan fingerprint density at radius 1 is 0.812 bits per heavy atom. The molecule has 1 aliphatic rings. The number of hydrogen-bond acceptors (Lipinski definition) is 11. The van der Waals surface area contributed by atoms with Gasteiger partial charge in [-0.2, -0.15) is 31.8 Å². The molecule has 0 fully saturated rings. The molecule has 376 valence electrons. The number of benzene rings is 3. The van der Waals surface area contributed by atoms with Crippen LogP contribution < -0.4 is 44.6 Å². The number of para-hydroxylation sites is 1. The van der Waals surface area contributed by atoms with Crippen molar-refractivity contribution in [1.82, 2.24) is 14.8 Å². The van der Waals surface area contributed by atoms with Crippen LogP contribution in [0.5, 0.6) is 0 Å². The number of thiophene rings is 1. The lowest BCUT2D eigenvalue weighted by Gasteiger charge is -2.19. The largest absolute Gasteiger partial charge is 0.370 e. The summed E-state index contributed by atoms with van der Waals surface area (Å²) < 4.78 is 54.7. The number of anilines is 1. The standard InChI is InChI=1S/C17H21Cl2N5OS.C12H14N4O.C11H14N4O.2CH4O3S/c1-24(2)4-3-22-9-10-5-11(13-8-14(18)26-15(13)19)7-12(6-10)16(25)23-17(20)21;1-7-4-3-5-9-8(7)6-10(16(9)2)11(17)15-12(13)14;1-15-8-5-3-2-4-7(8)6-9(15)10(16)14-11(12)13;2*1-5(2,3)4/h5-8,22H,3-4,9H2,1-2H3,(H4,20,21,23,25);3-6H,1-2H3,(H4,13,14,15,17);2-5,9H,6H2,1H3,(H4,12,13,14,16);2*1H3,(H,2,3,4). The highest BCUT2D eigenvalue weighted by molar-refractivity contribution is 7.85. The molecule has 3 aromatic carbocycles. The molecular formula is C42H57Cl2N13O9S3. The second kappa shape index (κ2) is 26.6. The van der Waals surface area contributed by atoms with Crippen molar-refractivity contribution < 1.29 is 40.3 Å². The van der Waals surface area contributed by atoms with Crippen molar-refractivity contribution in [3.05, 3.63) is 109 Å². The average molecular weight is 1060 g/mol. The van der Waals surface area contributed by atoms with Crippen LogP contribution >= 0.6 is 34.5 Å². The monoisotopic (exact) mass is 1050 g/mol. The Labute approximate surface area is 414 Å². The summed E-state index contributed by atoms with van der Waals surface area (Å²) in [5.74, 6) is -1.91. The molecule has 1 aliphatic heterocycles. The summed E-state index contributed by atoms with van der Waals surface area (Å²) in [6.07, 6.45) is 2.09. The van der Waals surface area contributed by atoms with Crippen LogP contribution in [0.2, 0.25) is 8.67 Å². The molecule has 5 aromatic rings. The molecule has 0 saturated heterocycles. The summed E-state index contributed by atoms with van der Waals surface area (Å²) in [6.45, 7) is 4.32. The molecule has 0 aliphatic carbocycles. The van der Waals surface area contributed by atoms with Crippen LogP contribution in [-0.2, 0) is 45.0 Å². The van der Waals surface area contributed by atoms with Gasteiger partial charge in [-0.15, -0.1) is 11.3 Å². The Hall–Kier alpha value is -6.16.